The normalized spacial score (nSPS) is 35.4. The number of fused-ring (bicyclic) bond motifs is 1. The fourth-order valence-corrected chi connectivity index (χ4v) is 7.58. The van der Waals surface area contributed by atoms with Gasteiger partial charge in [-0.2, -0.15) is 0 Å². The summed E-state index contributed by atoms with van der Waals surface area (Å²) in [5, 5.41) is 41.2. The van der Waals surface area contributed by atoms with Crippen LogP contribution in [0.1, 0.15) is 112 Å². The average Bonchev–Trinajstić information content (AvgIpc) is 3.13. The van der Waals surface area contributed by atoms with Crippen LogP contribution in [-0.4, -0.2) is 44.3 Å². The van der Waals surface area contributed by atoms with Gasteiger partial charge in [-0.25, -0.2) is 0 Å². The molecule has 0 spiro atoms. The molecule has 0 aliphatic heterocycles. The largest absolute Gasteiger partial charge is 0.393 e. The second-order valence-corrected chi connectivity index (χ2v) is 13.5. The zero-order chi connectivity index (χ0) is 26.7. The SMILES string of the molecule is C=C1/C(=C\C=C2/CCC[C@]3(C)[C@@H]([C@H](CCCC(C)(C)O)CC[C@@H](O)C(C)C)CC[C@@H]23)C[C@@H](O)CC1O. The molecule has 0 aromatic heterocycles. The van der Waals surface area contributed by atoms with E-state index in [2.05, 4.69) is 39.5 Å². The molecular formula is C32H54O4. The Morgan fingerprint density at radius 1 is 1.11 bits per heavy atom. The van der Waals surface area contributed by atoms with Gasteiger partial charge in [0.25, 0.3) is 0 Å². The van der Waals surface area contributed by atoms with E-state index in [-0.39, 0.29) is 17.4 Å². The lowest BCUT2D eigenvalue weighted by atomic mass is 9.60. The molecule has 7 atom stereocenters. The second kappa shape index (κ2) is 12.3. The van der Waals surface area contributed by atoms with Crippen LogP contribution in [0.2, 0.25) is 0 Å². The molecule has 3 aliphatic rings. The van der Waals surface area contributed by atoms with Crippen LogP contribution in [0.15, 0.2) is 35.5 Å². The Hall–Kier alpha value is -0.940. The lowest BCUT2D eigenvalue weighted by Gasteiger charge is -2.45. The van der Waals surface area contributed by atoms with E-state index in [0.29, 0.717) is 30.6 Å². The standard InChI is InChI=1S/C32H54O4/c1-21(2)29(34)16-13-24(9-7-17-31(4,5)36)28-15-14-27-23(10-8-18-32(27,28)6)11-12-25-19-26(33)20-30(35)22(25)3/h11-12,21,24,26-30,33-36H,3,7-10,13-20H2,1-2,4-6H3/b23-11+,25-12-/t24-,26-,27+,28-,29-,30?,32+/m1/s1. The molecule has 0 bridgehead atoms. The summed E-state index contributed by atoms with van der Waals surface area (Å²) in [4.78, 5) is 0. The van der Waals surface area contributed by atoms with E-state index in [4.69, 9.17) is 0 Å². The molecular weight excluding hydrogens is 448 g/mol. The van der Waals surface area contributed by atoms with E-state index >= 15 is 0 Å². The summed E-state index contributed by atoms with van der Waals surface area (Å²) < 4.78 is 0. The fraction of sp³-hybridized carbons (Fsp3) is 0.812. The van der Waals surface area contributed by atoms with Crippen molar-refractivity contribution < 1.29 is 20.4 Å². The molecule has 36 heavy (non-hydrogen) atoms. The van der Waals surface area contributed by atoms with Gasteiger partial charge in [-0.1, -0.05) is 57.9 Å². The Kier molecular flexibility index (Phi) is 10.1. The Labute approximate surface area is 220 Å². The lowest BCUT2D eigenvalue weighted by Crippen LogP contribution is -2.37. The third-order valence-electron chi connectivity index (χ3n) is 9.84. The number of allylic oxidation sites excluding steroid dienone is 3. The van der Waals surface area contributed by atoms with Crippen LogP contribution in [0.4, 0.5) is 0 Å². The first kappa shape index (κ1) is 29.6. The molecule has 4 heteroatoms. The zero-order valence-electron chi connectivity index (χ0n) is 23.7. The van der Waals surface area contributed by atoms with Crippen LogP contribution >= 0.6 is 0 Å². The maximum Gasteiger partial charge on any atom is 0.0811 e. The van der Waals surface area contributed by atoms with E-state index in [9.17, 15) is 20.4 Å². The van der Waals surface area contributed by atoms with Gasteiger partial charge >= 0.3 is 0 Å². The summed E-state index contributed by atoms with van der Waals surface area (Å²) in [5.41, 5.74) is 2.92. The van der Waals surface area contributed by atoms with E-state index < -0.39 is 17.8 Å². The maximum atomic E-state index is 10.6. The molecule has 3 rings (SSSR count). The second-order valence-electron chi connectivity index (χ2n) is 13.5. The van der Waals surface area contributed by atoms with E-state index in [1.54, 1.807) is 0 Å². The summed E-state index contributed by atoms with van der Waals surface area (Å²) >= 11 is 0. The highest BCUT2D eigenvalue weighted by atomic mass is 16.3. The molecule has 3 saturated carbocycles. The van der Waals surface area contributed by atoms with Crippen LogP contribution in [0.3, 0.4) is 0 Å². The van der Waals surface area contributed by atoms with Gasteiger partial charge in [0.2, 0.25) is 0 Å². The topological polar surface area (TPSA) is 80.9 Å². The number of rotatable bonds is 10. The van der Waals surface area contributed by atoms with Gasteiger partial charge in [-0.3, -0.25) is 0 Å². The molecule has 206 valence electrons. The van der Waals surface area contributed by atoms with Crippen molar-refractivity contribution in [2.24, 2.45) is 29.1 Å². The van der Waals surface area contributed by atoms with E-state index in [0.717, 1.165) is 49.7 Å². The average molecular weight is 503 g/mol. The molecule has 0 aromatic carbocycles. The highest BCUT2D eigenvalue weighted by Gasteiger charge is 2.51. The molecule has 4 N–H and O–H groups in total. The minimum Gasteiger partial charge on any atom is -0.393 e. The van der Waals surface area contributed by atoms with Gasteiger partial charge in [0.05, 0.1) is 23.9 Å². The van der Waals surface area contributed by atoms with Gasteiger partial charge in [-0.05, 0) is 112 Å². The highest BCUT2D eigenvalue weighted by molar-refractivity contribution is 5.38. The van der Waals surface area contributed by atoms with Gasteiger partial charge in [0, 0.05) is 6.42 Å². The first-order valence-corrected chi connectivity index (χ1v) is 14.7. The molecule has 0 radical (unpaired) electrons. The van der Waals surface area contributed by atoms with Crippen LogP contribution in [-0.2, 0) is 0 Å². The first-order valence-electron chi connectivity index (χ1n) is 14.7. The van der Waals surface area contributed by atoms with Gasteiger partial charge in [0.1, 0.15) is 0 Å². The predicted molar refractivity (Wildman–Crippen MR) is 148 cm³/mol. The number of hydrogen-bond acceptors (Lipinski definition) is 4. The fourth-order valence-electron chi connectivity index (χ4n) is 7.58. The molecule has 3 fully saturated rings. The van der Waals surface area contributed by atoms with Crippen molar-refractivity contribution in [1.29, 1.82) is 0 Å². The summed E-state index contributed by atoms with van der Waals surface area (Å²) in [5.74, 6) is 2.09. The van der Waals surface area contributed by atoms with Crippen LogP contribution < -0.4 is 0 Å². The number of hydrogen-bond donors (Lipinski definition) is 4. The molecule has 4 nitrogen and oxygen atoms in total. The lowest BCUT2D eigenvalue weighted by molar-refractivity contribution is 0.0478. The minimum absolute atomic E-state index is 0.241. The monoisotopic (exact) mass is 502 g/mol. The summed E-state index contributed by atoms with van der Waals surface area (Å²) in [6.07, 6.45) is 15.0. The van der Waals surface area contributed by atoms with Gasteiger partial charge in [-0.15, -0.1) is 0 Å². The third-order valence-corrected chi connectivity index (χ3v) is 9.84. The molecule has 1 unspecified atom stereocenters. The van der Waals surface area contributed by atoms with Gasteiger partial charge in [0.15, 0.2) is 0 Å². The Morgan fingerprint density at radius 2 is 1.83 bits per heavy atom. The maximum absolute atomic E-state index is 10.6. The van der Waals surface area contributed by atoms with Crippen molar-refractivity contribution in [3.63, 3.8) is 0 Å². The van der Waals surface area contributed by atoms with Crippen LogP contribution in [0.25, 0.3) is 0 Å². The van der Waals surface area contributed by atoms with E-state index in [1.165, 1.54) is 31.3 Å². The van der Waals surface area contributed by atoms with Crippen molar-refractivity contribution in [1.82, 2.24) is 0 Å². The van der Waals surface area contributed by atoms with Crippen molar-refractivity contribution in [2.45, 2.75) is 136 Å². The molecule has 0 heterocycles. The van der Waals surface area contributed by atoms with Crippen LogP contribution in [0, 0.1) is 29.1 Å². The molecule has 3 aliphatic carbocycles. The predicted octanol–water partition coefficient (Wildman–Crippen LogP) is 6.48. The zero-order valence-corrected chi connectivity index (χ0v) is 23.7. The van der Waals surface area contributed by atoms with E-state index in [1.807, 2.05) is 13.8 Å². The number of aliphatic hydroxyl groups excluding tert-OH is 3. The Bertz CT molecular complexity index is 803. The highest BCUT2D eigenvalue weighted by Crippen LogP contribution is 2.60. The summed E-state index contributed by atoms with van der Waals surface area (Å²) in [7, 11) is 0. The molecule has 0 saturated heterocycles. The van der Waals surface area contributed by atoms with Gasteiger partial charge < -0.3 is 20.4 Å². The Morgan fingerprint density at radius 3 is 2.50 bits per heavy atom. The quantitative estimate of drug-likeness (QED) is 0.275. The molecule has 0 amide bonds. The smallest absolute Gasteiger partial charge is 0.0811 e. The minimum atomic E-state index is -0.642. The van der Waals surface area contributed by atoms with Crippen LogP contribution in [0.5, 0.6) is 0 Å². The van der Waals surface area contributed by atoms with Crippen molar-refractivity contribution >= 4 is 0 Å². The third kappa shape index (κ3) is 7.34. The Balaban J connectivity index is 1.78. The first-order chi connectivity index (χ1) is 16.8. The summed E-state index contributed by atoms with van der Waals surface area (Å²) in [6, 6.07) is 0. The van der Waals surface area contributed by atoms with Crippen molar-refractivity contribution in [3.8, 4) is 0 Å². The van der Waals surface area contributed by atoms with Crippen molar-refractivity contribution in [3.05, 3.63) is 35.5 Å². The summed E-state index contributed by atoms with van der Waals surface area (Å²) in [6.45, 7) is 14.6. The number of aliphatic hydroxyl groups is 4. The van der Waals surface area contributed by atoms with Crippen molar-refractivity contribution in [2.75, 3.05) is 0 Å². The molecule has 0 aromatic rings.